The van der Waals surface area contributed by atoms with Gasteiger partial charge in [0.05, 0.1) is 0 Å². The molecule has 0 aliphatic rings. The maximum atomic E-state index is 12.8. The molecule has 0 N–H and O–H groups in total. The van der Waals surface area contributed by atoms with Gasteiger partial charge in [0, 0.05) is 33.1 Å². The first-order valence-corrected chi connectivity index (χ1v) is 7.35. The Hall–Kier alpha value is -0.750. The molecule has 0 aromatic heterocycles. The third kappa shape index (κ3) is 3.62. The van der Waals surface area contributed by atoms with E-state index in [1.165, 1.54) is 21.4 Å². The molecule has 0 bridgehead atoms. The predicted molar refractivity (Wildman–Crippen MR) is 84.0 cm³/mol. The minimum absolute atomic E-state index is 0.198. The molecule has 0 fully saturated rings. The van der Waals surface area contributed by atoms with E-state index in [0.717, 1.165) is 9.79 Å². The fourth-order valence-electron chi connectivity index (χ4n) is 1.50. The lowest BCUT2D eigenvalue weighted by atomic mass is 10.3. The van der Waals surface area contributed by atoms with Crippen LogP contribution in [0.3, 0.4) is 0 Å². The predicted octanol–water partition coefficient (Wildman–Crippen LogP) is 4.65. The summed E-state index contributed by atoms with van der Waals surface area (Å²) in [5.41, 5.74) is 1.17. The van der Waals surface area contributed by atoms with Crippen LogP contribution in [0.4, 0.5) is 10.1 Å². The molecule has 2 rings (SSSR count). The second-order valence-corrected chi connectivity index (χ2v) is 6.49. The van der Waals surface area contributed by atoms with Crippen LogP contribution in [0.1, 0.15) is 0 Å². The summed E-state index contributed by atoms with van der Waals surface area (Å²) in [6.45, 7) is 0. The molecule has 1 nitrogen and oxygen atoms in total. The van der Waals surface area contributed by atoms with Gasteiger partial charge in [0.25, 0.3) is 0 Å². The molecule has 4 heteroatoms. The second kappa shape index (κ2) is 5.93. The van der Waals surface area contributed by atoms with Crippen molar-refractivity contribution in [2.45, 2.75) is 9.79 Å². The van der Waals surface area contributed by atoms with Crippen molar-refractivity contribution in [1.29, 1.82) is 0 Å². The van der Waals surface area contributed by atoms with E-state index >= 15 is 0 Å². The van der Waals surface area contributed by atoms with Crippen molar-refractivity contribution >= 4 is 40.0 Å². The van der Waals surface area contributed by atoms with Gasteiger partial charge in [-0.2, -0.15) is 0 Å². The quantitative estimate of drug-likeness (QED) is 0.721. The number of hydrogen-bond donors (Lipinski definition) is 0. The second-order valence-electron chi connectivity index (χ2n) is 4.10. The van der Waals surface area contributed by atoms with Crippen molar-refractivity contribution in [3.05, 3.63) is 51.9 Å². The van der Waals surface area contributed by atoms with Crippen molar-refractivity contribution < 1.29 is 4.39 Å². The molecular formula is C14H13FINS. The van der Waals surface area contributed by atoms with E-state index in [1.54, 1.807) is 23.9 Å². The summed E-state index contributed by atoms with van der Waals surface area (Å²) in [5, 5.41) is 0. The Kier molecular flexibility index (Phi) is 4.50. The normalized spacial score (nSPS) is 10.4. The summed E-state index contributed by atoms with van der Waals surface area (Å²) >= 11 is 3.96. The van der Waals surface area contributed by atoms with E-state index in [9.17, 15) is 4.39 Å². The van der Waals surface area contributed by atoms with Gasteiger partial charge in [-0.25, -0.2) is 4.39 Å². The van der Waals surface area contributed by atoms with Crippen LogP contribution in [-0.2, 0) is 0 Å². The topological polar surface area (TPSA) is 3.24 Å². The third-order valence-corrected chi connectivity index (χ3v) is 4.02. The Labute approximate surface area is 125 Å². The highest BCUT2D eigenvalue weighted by molar-refractivity contribution is 14.1. The molecule has 0 aliphatic carbocycles. The van der Waals surface area contributed by atoms with E-state index < -0.39 is 0 Å². The molecule has 0 aliphatic heterocycles. The average Bonchev–Trinajstić information content (AvgIpc) is 2.31. The van der Waals surface area contributed by atoms with Gasteiger partial charge in [-0.3, -0.25) is 0 Å². The van der Waals surface area contributed by atoms with Crippen LogP contribution in [0.2, 0.25) is 0 Å². The van der Waals surface area contributed by atoms with Crippen molar-refractivity contribution in [1.82, 2.24) is 0 Å². The van der Waals surface area contributed by atoms with Gasteiger partial charge in [-0.15, -0.1) is 0 Å². The van der Waals surface area contributed by atoms with E-state index in [2.05, 4.69) is 45.7 Å². The number of rotatable bonds is 3. The lowest BCUT2D eigenvalue weighted by Crippen LogP contribution is -2.08. The van der Waals surface area contributed by atoms with Gasteiger partial charge in [0.1, 0.15) is 5.82 Å². The largest absolute Gasteiger partial charge is 0.378 e. The van der Waals surface area contributed by atoms with Crippen LogP contribution < -0.4 is 4.90 Å². The molecule has 2 aromatic rings. The standard InChI is InChI=1S/C14H13FINS/c1-17(2)12-7-11(16)8-14(9-12)18-13-5-3-10(15)4-6-13/h3-9H,1-2H3. The molecular weight excluding hydrogens is 360 g/mol. The van der Waals surface area contributed by atoms with Gasteiger partial charge in [0.2, 0.25) is 0 Å². The summed E-state index contributed by atoms with van der Waals surface area (Å²) < 4.78 is 14.0. The van der Waals surface area contributed by atoms with Gasteiger partial charge < -0.3 is 4.90 Å². The van der Waals surface area contributed by atoms with Crippen molar-refractivity contribution in [3.8, 4) is 0 Å². The van der Waals surface area contributed by atoms with Crippen molar-refractivity contribution in [2.75, 3.05) is 19.0 Å². The molecule has 0 heterocycles. The first kappa shape index (κ1) is 13.7. The molecule has 0 saturated carbocycles. The Morgan fingerprint density at radius 2 is 1.67 bits per heavy atom. The van der Waals surface area contributed by atoms with Crippen LogP contribution in [0.15, 0.2) is 52.3 Å². The summed E-state index contributed by atoms with van der Waals surface area (Å²) in [6, 6.07) is 13.0. The van der Waals surface area contributed by atoms with Crippen LogP contribution >= 0.6 is 34.4 Å². The first-order chi connectivity index (χ1) is 8.54. The molecule has 0 spiro atoms. The van der Waals surface area contributed by atoms with E-state index in [4.69, 9.17) is 0 Å². The first-order valence-electron chi connectivity index (χ1n) is 5.46. The van der Waals surface area contributed by atoms with E-state index in [-0.39, 0.29) is 5.82 Å². The van der Waals surface area contributed by atoms with Gasteiger partial charge >= 0.3 is 0 Å². The smallest absolute Gasteiger partial charge is 0.123 e. The molecule has 94 valence electrons. The highest BCUT2D eigenvalue weighted by atomic mass is 127. The molecule has 18 heavy (non-hydrogen) atoms. The highest BCUT2D eigenvalue weighted by Gasteiger charge is 2.03. The lowest BCUT2D eigenvalue weighted by molar-refractivity contribution is 0.626. The van der Waals surface area contributed by atoms with Crippen LogP contribution in [0.5, 0.6) is 0 Å². The maximum absolute atomic E-state index is 12.8. The number of hydrogen-bond acceptors (Lipinski definition) is 2. The molecule has 0 radical (unpaired) electrons. The van der Waals surface area contributed by atoms with Crippen LogP contribution in [-0.4, -0.2) is 14.1 Å². The van der Waals surface area contributed by atoms with Crippen molar-refractivity contribution in [2.24, 2.45) is 0 Å². The Morgan fingerprint density at radius 1 is 1.00 bits per heavy atom. The Balaban J connectivity index is 2.26. The van der Waals surface area contributed by atoms with Gasteiger partial charge in [-0.05, 0) is 65.1 Å². The number of benzene rings is 2. The summed E-state index contributed by atoms with van der Waals surface area (Å²) in [7, 11) is 4.05. The van der Waals surface area contributed by atoms with E-state index in [0.29, 0.717) is 0 Å². The lowest BCUT2D eigenvalue weighted by Gasteiger charge is -2.14. The zero-order valence-electron chi connectivity index (χ0n) is 10.2. The maximum Gasteiger partial charge on any atom is 0.123 e. The number of halogens is 2. The zero-order valence-corrected chi connectivity index (χ0v) is 13.1. The fourth-order valence-corrected chi connectivity index (χ4v) is 3.28. The highest BCUT2D eigenvalue weighted by Crippen LogP contribution is 2.31. The number of anilines is 1. The molecule has 0 saturated heterocycles. The zero-order chi connectivity index (χ0) is 13.1. The average molecular weight is 373 g/mol. The number of nitrogens with zero attached hydrogens (tertiary/aromatic N) is 1. The summed E-state index contributed by atoms with van der Waals surface area (Å²) in [5.74, 6) is -0.198. The molecule has 0 amide bonds. The molecule has 2 aromatic carbocycles. The Bertz CT molecular complexity index is 540. The van der Waals surface area contributed by atoms with Crippen molar-refractivity contribution in [3.63, 3.8) is 0 Å². The Morgan fingerprint density at radius 3 is 2.28 bits per heavy atom. The monoisotopic (exact) mass is 373 g/mol. The summed E-state index contributed by atoms with van der Waals surface area (Å²) in [6.07, 6.45) is 0. The minimum atomic E-state index is -0.198. The van der Waals surface area contributed by atoms with Gasteiger partial charge in [-0.1, -0.05) is 11.8 Å². The third-order valence-electron chi connectivity index (χ3n) is 2.42. The fraction of sp³-hybridized carbons (Fsp3) is 0.143. The van der Waals surface area contributed by atoms with Crippen LogP contribution in [0, 0.1) is 9.39 Å². The SMILES string of the molecule is CN(C)c1cc(I)cc(Sc2ccc(F)cc2)c1. The van der Waals surface area contributed by atoms with Crippen LogP contribution in [0.25, 0.3) is 0 Å². The van der Waals surface area contributed by atoms with Gasteiger partial charge in [0.15, 0.2) is 0 Å². The van der Waals surface area contributed by atoms with E-state index in [1.807, 2.05) is 14.1 Å². The summed E-state index contributed by atoms with van der Waals surface area (Å²) in [4.78, 5) is 4.29. The molecule has 0 atom stereocenters. The minimum Gasteiger partial charge on any atom is -0.378 e. The molecule has 0 unspecified atom stereocenters.